The summed E-state index contributed by atoms with van der Waals surface area (Å²) in [5.74, 6) is -3.19. The summed E-state index contributed by atoms with van der Waals surface area (Å²) in [6.07, 6.45) is -0.246. The molecule has 9 heteroatoms. The molecule has 188 valence electrons. The summed E-state index contributed by atoms with van der Waals surface area (Å²) in [6, 6.07) is 15.9. The molecule has 0 heterocycles. The number of hydrogen-bond acceptors (Lipinski definition) is 5. The number of hydrogen-bond donors (Lipinski definition) is 3. The van der Waals surface area contributed by atoms with Crippen LogP contribution in [0.15, 0.2) is 60.7 Å². The van der Waals surface area contributed by atoms with Gasteiger partial charge in [-0.3, -0.25) is 14.4 Å². The summed E-state index contributed by atoms with van der Waals surface area (Å²) in [5.41, 5.74) is -0.537. The molecule has 0 saturated carbocycles. The second-order valence-corrected chi connectivity index (χ2v) is 9.07. The number of carbonyl (C=O) groups excluding carboxylic acids is 4. The summed E-state index contributed by atoms with van der Waals surface area (Å²) in [7, 11) is 0. The van der Waals surface area contributed by atoms with E-state index in [2.05, 4.69) is 16.0 Å². The molecule has 0 radical (unpaired) electrons. The lowest BCUT2D eigenvalue weighted by molar-refractivity contribution is -0.117. The highest BCUT2D eigenvalue weighted by molar-refractivity contribution is 6.44. The maximum absolute atomic E-state index is 13.9. The summed E-state index contributed by atoms with van der Waals surface area (Å²) in [4.78, 5) is 49.5. The minimum Gasteiger partial charge on any atom is -0.444 e. The van der Waals surface area contributed by atoms with Crippen molar-refractivity contribution < 1.29 is 28.3 Å². The Bertz CT molecular complexity index is 1300. The molecule has 0 unspecified atom stereocenters. The average Bonchev–Trinajstić information content (AvgIpc) is 2.82. The first kappa shape index (κ1) is 26.3. The van der Waals surface area contributed by atoms with Crippen LogP contribution in [-0.4, -0.2) is 42.4 Å². The molecule has 3 aromatic rings. The highest BCUT2D eigenvalue weighted by Crippen LogP contribution is 2.21. The van der Waals surface area contributed by atoms with Gasteiger partial charge in [0.2, 0.25) is 0 Å². The monoisotopic (exact) mass is 493 g/mol. The van der Waals surface area contributed by atoms with Gasteiger partial charge in [0.1, 0.15) is 11.4 Å². The zero-order valence-corrected chi connectivity index (χ0v) is 20.3. The third kappa shape index (κ3) is 7.36. The molecule has 3 rings (SSSR count). The Hall–Kier alpha value is -4.27. The fourth-order valence-electron chi connectivity index (χ4n) is 3.34. The minimum atomic E-state index is -0.997. The molecule has 3 aromatic carbocycles. The number of alkyl carbamates (subject to hydrolysis) is 1. The van der Waals surface area contributed by atoms with Gasteiger partial charge in [0.25, 0.3) is 17.6 Å². The van der Waals surface area contributed by atoms with Crippen molar-refractivity contribution in [2.45, 2.75) is 32.8 Å². The quantitative estimate of drug-likeness (QED) is 0.244. The summed E-state index contributed by atoms with van der Waals surface area (Å²) in [5, 5.41) is 9.40. The van der Waals surface area contributed by atoms with E-state index in [1.807, 2.05) is 24.3 Å². The van der Waals surface area contributed by atoms with Crippen LogP contribution in [-0.2, 0) is 9.53 Å². The van der Waals surface area contributed by atoms with E-state index in [0.29, 0.717) is 12.0 Å². The van der Waals surface area contributed by atoms with Crippen LogP contribution in [0.5, 0.6) is 0 Å². The fourth-order valence-corrected chi connectivity index (χ4v) is 3.34. The SMILES string of the molecule is CC(C)(C)OC(=O)NCCCNC(=O)C(=O)c1cc(F)ccc1NC(=O)c1ccc2ccccc2c1. The molecule has 3 N–H and O–H groups in total. The van der Waals surface area contributed by atoms with E-state index in [1.165, 1.54) is 6.07 Å². The van der Waals surface area contributed by atoms with Crippen molar-refractivity contribution in [2.24, 2.45) is 0 Å². The van der Waals surface area contributed by atoms with Gasteiger partial charge in [0.05, 0.1) is 11.3 Å². The second-order valence-electron chi connectivity index (χ2n) is 9.07. The first-order chi connectivity index (χ1) is 17.0. The predicted molar refractivity (Wildman–Crippen MR) is 134 cm³/mol. The number of carbonyl (C=O) groups is 4. The van der Waals surface area contributed by atoms with Gasteiger partial charge in [-0.25, -0.2) is 9.18 Å². The molecule has 0 fully saturated rings. The lowest BCUT2D eigenvalue weighted by atomic mass is 10.0. The van der Waals surface area contributed by atoms with Crippen molar-refractivity contribution in [3.05, 3.63) is 77.6 Å². The molecule has 8 nitrogen and oxygen atoms in total. The van der Waals surface area contributed by atoms with Gasteiger partial charge in [0.15, 0.2) is 0 Å². The Labute approximate surface area is 208 Å². The molecule has 0 aliphatic carbocycles. The Morgan fingerprint density at radius 1 is 0.861 bits per heavy atom. The van der Waals surface area contributed by atoms with E-state index in [4.69, 9.17) is 4.74 Å². The van der Waals surface area contributed by atoms with E-state index < -0.39 is 35.1 Å². The molecule has 0 saturated heterocycles. The molecule has 0 aliphatic rings. The molecule has 0 bridgehead atoms. The number of nitrogens with one attached hydrogen (secondary N) is 3. The third-order valence-electron chi connectivity index (χ3n) is 5.00. The normalized spacial score (nSPS) is 11.0. The molecule has 36 heavy (non-hydrogen) atoms. The second kappa shape index (κ2) is 11.4. The van der Waals surface area contributed by atoms with E-state index in [0.717, 1.165) is 22.9 Å². The predicted octanol–water partition coefficient (Wildman–Crippen LogP) is 4.44. The maximum atomic E-state index is 13.9. The Morgan fingerprint density at radius 3 is 2.28 bits per heavy atom. The van der Waals surface area contributed by atoms with Gasteiger partial charge in [-0.2, -0.15) is 0 Å². The first-order valence-corrected chi connectivity index (χ1v) is 11.4. The lowest BCUT2D eigenvalue weighted by Gasteiger charge is -2.19. The van der Waals surface area contributed by atoms with Crippen LogP contribution in [0.3, 0.4) is 0 Å². The van der Waals surface area contributed by atoms with Crippen LogP contribution < -0.4 is 16.0 Å². The highest BCUT2D eigenvalue weighted by Gasteiger charge is 2.22. The Kier molecular flexibility index (Phi) is 8.37. The van der Waals surface area contributed by atoms with Crippen LogP contribution in [0.4, 0.5) is 14.9 Å². The Morgan fingerprint density at radius 2 is 1.56 bits per heavy atom. The van der Waals surface area contributed by atoms with Crippen LogP contribution in [0.1, 0.15) is 47.9 Å². The number of fused-ring (bicyclic) bond motifs is 1. The summed E-state index contributed by atoms with van der Waals surface area (Å²) >= 11 is 0. The number of ether oxygens (including phenoxy) is 1. The zero-order valence-electron chi connectivity index (χ0n) is 20.3. The van der Waals surface area contributed by atoms with Gasteiger partial charge in [-0.05, 0) is 68.3 Å². The largest absolute Gasteiger partial charge is 0.444 e. The van der Waals surface area contributed by atoms with Crippen molar-refractivity contribution in [2.75, 3.05) is 18.4 Å². The molecule has 0 aliphatic heterocycles. The van der Waals surface area contributed by atoms with Gasteiger partial charge in [-0.15, -0.1) is 0 Å². The number of anilines is 1. The maximum Gasteiger partial charge on any atom is 0.407 e. The van der Waals surface area contributed by atoms with E-state index in [1.54, 1.807) is 39.0 Å². The number of benzene rings is 3. The molecule has 0 atom stereocenters. The van der Waals surface area contributed by atoms with Crippen molar-refractivity contribution >= 4 is 40.2 Å². The van der Waals surface area contributed by atoms with Gasteiger partial charge < -0.3 is 20.7 Å². The van der Waals surface area contributed by atoms with Crippen LogP contribution in [0.25, 0.3) is 10.8 Å². The van der Waals surface area contributed by atoms with Gasteiger partial charge in [-0.1, -0.05) is 30.3 Å². The van der Waals surface area contributed by atoms with Crippen LogP contribution in [0, 0.1) is 5.82 Å². The standard InChI is InChI=1S/C27H28FN3O5/c1-27(2,3)36-26(35)30-14-6-13-29-25(34)23(32)21-16-20(28)11-12-22(21)31-24(33)19-10-9-17-7-4-5-8-18(17)15-19/h4-5,7-12,15-16H,6,13-14H2,1-3H3,(H,29,34)(H,30,35)(H,31,33). The molecule has 0 aromatic heterocycles. The van der Waals surface area contributed by atoms with Crippen molar-refractivity contribution in [3.63, 3.8) is 0 Å². The summed E-state index contributed by atoms with van der Waals surface area (Å²) < 4.78 is 19.0. The fraction of sp³-hybridized carbons (Fsp3) is 0.259. The zero-order chi connectivity index (χ0) is 26.3. The average molecular weight is 494 g/mol. The smallest absolute Gasteiger partial charge is 0.407 e. The topological polar surface area (TPSA) is 114 Å². The third-order valence-corrected chi connectivity index (χ3v) is 5.00. The summed E-state index contributed by atoms with van der Waals surface area (Å²) in [6.45, 7) is 5.53. The van der Waals surface area contributed by atoms with Crippen molar-refractivity contribution in [3.8, 4) is 0 Å². The van der Waals surface area contributed by atoms with E-state index in [9.17, 15) is 23.6 Å². The van der Waals surface area contributed by atoms with Gasteiger partial charge >= 0.3 is 6.09 Å². The molecule has 3 amide bonds. The Balaban J connectivity index is 1.60. The first-order valence-electron chi connectivity index (χ1n) is 11.4. The van der Waals surface area contributed by atoms with Crippen molar-refractivity contribution in [1.29, 1.82) is 0 Å². The number of amides is 3. The van der Waals surface area contributed by atoms with Crippen molar-refractivity contribution in [1.82, 2.24) is 10.6 Å². The van der Waals surface area contributed by atoms with Crippen LogP contribution >= 0.6 is 0 Å². The molecular formula is C27H28FN3O5. The highest BCUT2D eigenvalue weighted by atomic mass is 19.1. The van der Waals surface area contributed by atoms with E-state index >= 15 is 0 Å². The van der Waals surface area contributed by atoms with Crippen LogP contribution in [0.2, 0.25) is 0 Å². The minimum absolute atomic E-state index is 0.0151. The number of ketones is 1. The van der Waals surface area contributed by atoms with E-state index in [-0.39, 0.29) is 24.3 Å². The lowest BCUT2D eigenvalue weighted by Crippen LogP contribution is -2.36. The molecule has 0 spiro atoms. The number of Topliss-reactive ketones (excluding diaryl/α,β-unsaturated/α-hetero) is 1. The molecular weight excluding hydrogens is 465 g/mol. The number of halogens is 1. The van der Waals surface area contributed by atoms with Gasteiger partial charge in [0, 0.05) is 18.7 Å². The number of rotatable bonds is 8.